The van der Waals surface area contributed by atoms with Gasteiger partial charge in [0.2, 0.25) is 5.91 Å². The largest absolute Gasteiger partial charge is 0.478 e. The van der Waals surface area contributed by atoms with Gasteiger partial charge in [-0.15, -0.1) is 0 Å². The Bertz CT molecular complexity index is 1190. The van der Waals surface area contributed by atoms with E-state index in [1.165, 1.54) is 22.5 Å². The number of carbonyl (C=O) groups excluding carboxylic acids is 1. The van der Waals surface area contributed by atoms with Gasteiger partial charge in [0.25, 0.3) is 0 Å². The monoisotopic (exact) mass is 389 g/mol. The maximum atomic E-state index is 12.5. The zero-order chi connectivity index (χ0) is 20.4. The molecule has 1 atom stereocenters. The van der Waals surface area contributed by atoms with Crippen LogP contribution in [0.4, 0.5) is 5.69 Å². The van der Waals surface area contributed by atoms with E-state index in [0.29, 0.717) is 12.2 Å². The molecule has 4 aromatic rings. The summed E-state index contributed by atoms with van der Waals surface area (Å²) in [5, 5.41) is 22.4. The molecule has 2 aromatic heterocycles. The lowest BCUT2D eigenvalue weighted by Gasteiger charge is -2.11. The van der Waals surface area contributed by atoms with Crippen LogP contribution in [-0.4, -0.2) is 36.5 Å². The van der Waals surface area contributed by atoms with Gasteiger partial charge in [0, 0.05) is 12.4 Å². The summed E-state index contributed by atoms with van der Waals surface area (Å²) in [4.78, 5) is 23.4. The maximum Gasteiger partial charge on any atom is 0.338 e. The van der Waals surface area contributed by atoms with Gasteiger partial charge in [-0.1, -0.05) is 42.5 Å². The Balaban J connectivity index is 1.46. The van der Waals surface area contributed by atoms with Crippen LogP contribution in [0.2, 0.25) is 0 Å². The van der Waals surface area contributed by atoms with Crippen molar-refractivity contribution in [2.45, 2.75) is 19.5 Å². The van der Waals surface area contributed by atoms with Crippen molar-refractivity contribution in [2.75, 3.05) is 5.32 Å². The number of nitrogens with zero attached hydrogens (tertiary/aromatic N) is 4. The highest BCUT2D eigenvalue weighted by Crippen LogP contribution is 2.20. The first-order chi connectivity index (χ1) is 14.0. The lowest BCUT2D eigenvalue weighted by Crippen LogP contribution is -2.23. The van der Waals surface area contributed by atoms with Crippen molar-refractivity contribution in [2.24, 2.45) is 0 Å². The minimum atomic E-state index is -1.08. The molecule has 2 N–H and O–H groups in total. The first-order valence-electron chi connectivity index (χ1n) is 9.08. The van der Waals surface area contributed by atoms with Crippen molar-refractivity contribution in [3.8, 4) is 0 Å². The second-order valence-electron chi connectivity index (χ2n) is 6.74. The molecule has 0 aliphatic carbocycles. The van der Waals surface area contributed by atoms with Crippen LogP contribution in [0.15, 0.2) is 67.3 Å². The van der Waals surface area contributed by atoms with Gasteiger partial charge in [0.15, 0.2) is 0 Å². The van der Waals surface area contributed by atoms with Crippen LogP contribution in [0.3, 0.4) is 0 Å². The number of fused-ring (bicyclic) bond motifs is 1. The number of benzene rings is 2. The van der Waals surface area contributed by atoms with Gasteiger partial charge in [-0.2, -0.15) is 10.2 Å². The SMILES string of the molecule is CC(C(=O)Nc1cnn(Cc2cccc3ccccc23)c1)n1cc(C(=O)O)cn1. The predicted molar refractivity (Wildman–Crippen MR) is 108 cm³/mol. The van der Waals surface area contributed by atoms with E-state index in [9.17, 15) is 9.59 Å². The highest BCUT2D eigenvalue weighted by molar-refractivity contribution is 5.93. The number of hydrogen-bond acceptors (Lipinski definition) is 4. The molecule has 0 fully saturated rings. The van der Waals surface area contributed by atoms with E-state index in [0.717, 1.165) is 10.9 Å². The minimum absolute atomic E-state index is 0.0348. The molecule has 2 aromatic carbocycles. The molecule has 146 valence electrons. The second kappa shape index (κ2) is 7.59. The van der Waals surface area contributed by atoms with E-state index in [4.69, 9.17) is 5.11 Å². The van der Waals surface area contributed by atoms with Crippen molar-refractivity contribution in [1.82, 2.24) is 19.6 Å². The molecule has 0 aliphatic heterocycles. The van der Waals surface area contributed by atoms with E-state index < -0.39 is 12.0 Å². The average molecular weight is 389 g/mol. The van der Waals surface area contributed by atoms with Crippen LogP contribution in [-0.2, 0) is 11.3 Å². The van der Waals surface area contributed by atoms with E-state index in [1.54, 1.807) is 24.0 Å². The number of aromatic carboxylic acids is 1. The fraction of sp³-hybridized carbons (Fsp3) is 0.143. The number of carboxylic acids is 1. The Morgan fingerprint density at radius 2 is 1.86 bits per heavy atom. The van der Waals surface area contributed by atoms with Crippen molar-refractivity contribution in [1.29, 1.82) is 0 Å². The Morgan fingerprint density at radius 3 is 2.66 bits per heavy atom. The molecule has 0 radical (unpaired) electrons. The van der Waals surface area contributed by atoms with Gasteiger partial charge < -0.3 is 10.4 Å². The highest BCUT2D eigenvalue weighted by Gasteiger charge is 2.18. The highest BCUT2D eigenvalue weighted by atomic mass is 16.4. The first-order valence-corrected chi connectivity index (χ1v) is 9.08. The summed E-state index contributed by atoms with van der Waals surface area (Å²) < 4.78 is 3.08. The van der Waals surface area contributed by atoms with Crippen LogP contribution in [0, 0.1) is 0 Å². The summed E-state index contributed by atoms with van der Waals surface area (Å²) in [7, 11) is 0. The number of anilines is 1. The Hall–Kier alpha value is -3.94. The molecular weight excluding hydrogens is 370 g/mol. The first kappa shape index (κ1) is 18.4. The molecule has 29 heavy (non-hydrogen) atoms. The molecule has 0 bridgehead atoms. The molecule has 8 heteroatoms. The molecule has 4 rings (SSSR count). The van der Waals surface area contributed by atoms with Crippen molar-refractivity contribution in [3.63, 3.8) is 0 Å². The standard InChI is InChI=1S/C21H19N5O3/c1-14(26-12-17(9-23-26)21(28)29)20(27)24-18-10-22-25(13-18)11-16-7-4-6-15-5-2-3-8-19(15)16/h2-10,12-14H,11H2,1H3,(H,24,27)(H,28,29). The molecule has 1 unspecified atom stereocenters. The van der Waals surface area contributed by atoms with Gasteiger partial charge in [0.1, 0.15) is 6.04 Å². The fourth-order valence-electron chi connectivity index (χ4n) is 3.15. The number of rotatable bonds is 6. The minimum Gasteiger partial charge on any atom is -0.478 e. The summed E-state index contributed by atoms with van der Waals surface area (Å²) in [5.41, 5.74) is 1.73. The molecule has 2 heterocycles. The maximum absolute atomic E-state index is 12.5. The summed E-state index contributed by atoms with van der Waals surface area (Å²) in [6.07, 6.45) is 5.89. The van der Waals surface area contributed by atoms with Crippen LogP contribution in [0.25, 0.3) is 10.8 Å². The molecule has 8 nitrogen and oxygen atoms in total. The zero-order valence-electron chi connectivity index (χ0n) is 15.7. The zero-order valence-corrected chi connectivity index (χ0v) is 15.7. The molecule has 0 saturated carbocycles. The summed E-state index contributed by atoms with van der Waals surface area (Å²) >= 11 is 0. The molecule has 0 spiro atoms. The van der Waals surface area contributed by atoms with Crippen LogP contribution in [0.1, 0.15) is 28.9 Å². The quantitative estimate of drug-likeness (QED) is 0.527. The summed E-state index contributed by atoms with van der Waals surface area (Å²) in [6, 6.07) is 13.6. The fourth-order valence-corrected chi connectivity index (χ4v) is 3.15. The van der Waals surface area contributed by atoms with Crippen LogP contribution in [0.5, 0.6) is 0 Å². The lowest BCUT2D eigenvalue weighted by atomic mass is 10.0. The normalized spacial score (nSPS) is 12.0. The Labute approximate surface area is 166 Å². The second-order valence-corrected chi connectivity index (χ2v) is 6.74. The van der Waals surface area contributed by atoms with Gasteiger partial charge in [-0.05, 0) is 23.3 Å². The van der Waals surface area contributed by atoms with E-state index in [1.807, 2.05) is 18.2 Å². The average Bonchev–Trinajstić information content (AvgIpc) is 3.37. The third kappa shape index (κ3) is 3.86. The van der Waals surface area contributed by atoms with E-state index >= 15 is 0 Å². The number of nitrogens with one attached hydrogen (secondary N) is 1. The van der Waals surface area contributed by atoms with Crippen molar-refractivity contribution >= 4 is 28.3 Å². The van der Waals surface area contributed by atoms with E-state index in [2.05, 4.69) is 39.8 Å². The number of carbonyl (C=O) groups is 2. The van der Waals surface area contributed by atoms with E-state index in [-0.39, 0.29) is 11.5 Å². The summed E-state index contributed by atoms with van der Waals surface area (Å²) in [5.74, 6) is -1.40. The smallest absolute Gasteiger partial charge is 0.338 e. The molecule has 0 aliphatic rings. The third-order valence-corrected chi connectivity index (χ3v) is 4.74. The number of carboxylic acid groups (broad SMARTS) is 1. The Kier molecular flexibility index (Phi) is 4.82. The van der Waals surface area contributed by atoms with Gasteiger partial charge in [-0.3, -0.25) is 14.2 Å². The molecular formula is C21H19N5O3. The Morgan fingerprint density at radius 1 is 1.07 bits per heavy atom. The third-order valence-electron chi connectivity index (χ3n) is 4.74. The molecule has 1 amide bonds. The van der Waals surface area contributed by atoms with Gasteiger partial charge >= 0.3 is 5.97 Å². The van der Waals surface area contributed by atoms with Crippen molar-refractivity contribution in [3.05, 3.63) is 78.4 Å². The van der Waals surface area contributed by atoms with Gasteiger partial charge in [0.05, 0.1) is 30.2 Å². The van der Waals surface area contributed by atoms with Gasteiger partial charge in [-0.25, -0.2) is 4.79 Å². The summed E-state index contributed by atoms with van der Waals surface area (Å²) in [6.45, 7) is 2.22. The van der Waals surface area contributed by atoms with Crippen LogP contribution >= 0.6 is 0 Å². The number of aromatic nitrogens is 4. The van der Waals surface area contributed by atoms with Crippen LogP contribution < -0.4 is 5.32 Å². The number of amides is 1. The number of hydrogen-bond donors (Lipinski definition) is 2. The lowest BCUT2D eigenvalue weighted by molar-refractivity contribution is -0.119. The van der Waals surface area contributed by atoms with Crippen molar-refractivity contribution < 1.29 is 14.7 Å². The predicted octanol–water partition coefficient (Wildman–Crippen LogP) is 3.18. The topological polar surface area (TPSA) is 102 Å². The molecule has 0 saturated heterocycles.